The maximum absolute atomic E-state index is 9.50. The number of rotatable bonds is 4. The third-order valence-corrected chi connectivity index (χ3v) is 4.50. The summed E-state index contributed by atoms with van der Waals surface area (Å²) < 4.78 is 1.97. The van der Waals surface area contributed by atoms with Crippen LogP contribution < -0.4 is 4.90 Å². The van der Waals surface area contributed by atoms with Gasteiger partial charge in [0, 0.05) is 13.1 Å². The zero-order chi connectivity index (χ0) is 14.8. The van der Waals surface area contributed by atoms with Gasteiger partial charge in [-0.25, -0.2) is 15.0 Å². The van der Waals surface area contributed by atoms with Crippen molar-refractivity contribution >= 4 is 17.0 Å². The minimum absolute atomic E-state index is 0.0270. The molecule has 1 aliphatic rings. The van der Waals surface area contributed by atoms with Gasteiger partial charge in [-0.3, -0.25) is 0 Å². The lowest BCUT2D eigenvalue weighted by atomic mass is 9.99. The predicted molar refractivity (Wildman–Crippen MR) is 82.3 cm³/mol. The van der Waals surface area contributed by atoms with Crippen LogP contribution in [0.3, 0.4) is 0 Å². The molecule has 0 bridgehead atoms. The van der Waals surface area contributed by atoms with Crippen molar-refractivity contribution in [3.63, 3.8) is 0 Å². The number of aliphatic hydroxyl groups excluding tert-OH is 1. The van der Waals surface area contributed by atoms with Crippen molar-refractivity contribution in [1.82, 2.24) is 19.5 Å². The van der Waals surface area contributed by atoms with Gasteiger partial charge in [-0.05, 0) is 25.2 Å². The number of anilines is 1. The first-order valence-electron chi connectivity index (χ1n) is 7.78. The zero-order valence-corrected chi connectivity index (χ0v) is 12.7. The van der Waals surface area contributed by atoms with Crippen LogP contribution in [0.2, 0.25) is 0 Å². The van der Waals surface area contributed by atoms with Crippen LogP contribution >= 0.6 is 0 Å². The van der Waals surface area contributed by atoms with E-state index in [0.29, 0.717) is 0 Å². The van der Waals surface area contributed by atoms with E-state index < -0.39 is 0 Å². The van der Waals surface area contributed by atoms with Gasteiger partial charge in [-0.1, -0.05) is 13.8 Å². The summed E-state index contributed by atoms with van der Waals surface area (Å²) in [4.78, 5) is 15.7. The first-order valence-corrected chi connectivity index (χ1v) is 7.78. The van der Waals surface area contributed by atoms with Crippen molar-refractivity contribution in [2.45, 2.75) is 39.2 Å². The molecule has 1 N–H and O–H groups in total. The Balaban J connectivity index is 1.97. The molecule has 6 nitrogen and oxygen atoms in total. The average Bonchev–Trinajstić information content (AvgIpc) is 2.94. The van der Waals surface area contributed by atoms with Crippen LogP contribution in [0, 0.1) is 5.92 Å². The lowest BCUT2D eigenvalue weighted by molar-refractivity contribution is 0.226. The predicted octanol–water partition coefficient (Wildman–Crippen LogP) is 2.01. The first kappa shape index (κ1) is 14.3. The maximum Gasteiger partial charge on any atom is 0.165 e. The smallest absolute Gasteiger partial charge is 0.165 e. The molecule has 1 atom stereocenters. The number of aromatic nitrogens is 4. The van der Waals surface area contributed by atoms with Crippen LogP contribution in [-0.4, -0.2) is 44.3 Å². The molecule has 114 valence electrons. The molecular weight excluding hydrogens is 266 g/mol. The quantitative estimate of drug-likeness (QED) is 0.932. The van der Waals surface area contributed by atoms with Crippen molar-refractivity contribution in [2.75, 3.05) is 24.6 Å². The van der Waals surface area contributed by atoms with Gasteiger partial charge >= 0.3 is 0 Å². The normalized spacial score (nSPS) is 18.3. The molecule has 0 amide bonds. The number of nitrogens with zero attached hydrogens (tertiary/aromatic N) is 5. The van der Waals surface area contributed by atoms with Crippen molar-refractivity contribution in [2.24, 2.45) is 5.92 Å². The summed E-state index contributed by atoms with van der Waals surface area (Å²) in [5, 5.41) is 9.50. The van der Waals surface area contributed by atoms with E-state index >= 15 is 0 Å². The molecule has 2 aromatic rings. The second-order valence-electron chi connectivity index (χ2n) is 5.94. The molecule has 0 spiro atoms. The van der Waals surface area contributed by atoms with Gasteiger partial charge in [0.25, 0.3) is 0 Å². The molecule has 2 aromatic heterocycles. The number of fused-ring (bicyclic) bond motifs is 1. The first-order chi connectivity index (χ1) is 10.2. The van der Waals surface area contributed by atoms with Gasteiger partial charge in [-0.2, -0.15) is 0 Å². The van der Waals surface area contributed by atoms with E-state index in [0.717, 1.165) is 42.4 Å². The fourth-order valence-corrected chi connectivity index (χ4v) is 2.97. The molecule has 1 saturated heterocycles. The third kappa shape index (κ3) is 2.60. The van der Waals surface area contributed by atoms with Crippen molar-refractivity contribution in [3.8, 4) is 0 Å². The summed E-state index contributed by atoms with van der Waals surface area (Å²) >= 11 is 0. The molecule has 6 heteroatoms. The minimum Gasteiger partial charge on any atom is -0.394 e. The summed E-state index contributed by atoms with van der Waals surface area (Å²) in [6, 6.07) is 0.0270. The van der Waals surface area contributed by atoms with Crippen LogP contribution in [0.15, 0.2) is 12.7 Å². The molecule has 0 radical (unpaired) electrons. The molecule has 1 fully saturated rings. The van der Waals surface area contributed by atoms with Crippen LogP contribution in [0.1, 0.15) is 39.2 Å². The van der Waals surface area contributed by atoms with E-state index in [9.17, 15) is 5.11 Å². The molecule has 0 aromatic carbocycles. The summed E-state index contributed by atoms with van der Waals surface area (Å²) in [5.74, 6) is 1.72. The second kappa shape index (κ2) is 5.97. The lowest BCUT2D eigenvalue weighted by Crippen LogP contribution is -2.33. The number of piperidine rings is 1. The van der Waals surface area contributed by atoms with Crippen LogP contribution in [0.25, 0.3) is 11.2 Å². The molecule has 3 heterocycles. The SMILES string of the molecule is CCC(CO)n1cnc2c(N3CCC(C)CC3)ncnc21. The fraction of sp³-hybridized carbons (Fsp3) is 0.667. The Hall–Kier alpha value is -1.69. The summed E-state index contributed by atoms with van der Waals surface area (Å²) in [5.41, 5.74) is 1.67. The van der Waals surface area contributed by atoms with E-state index in [1.807, 2.05) is 4.57 Å². The average molecular weight is 289 g/mol. The highest BCUT2D eigenvalue weighted by molar-refractivity contribution is 5.83. The highest BCUT2D eigenvalue weighted by Crippen LogP contribution is 2.27. The van der Waals surface area contributed by atoms with Crippen LogP contribution in [0.5, 0.6) is 0 Å². The molecular formula is C15H23N5O. The van der Waals surface area contributed by atoms with Gasteiger partial charge in [0.05, 0.1) is 19.0 Å². The number of hydrogen-bond acceptors (Lipinski definition) is 5. The fourth-order valence-electron chi connectivity index (χ4n) is 2.97. The highest BCUT2D eigenvalue weighted by atomic mass is 16.3. The van der Waals surface area contributed by atoms with Crippen molar-refractivity contribution < 1.29 is 5.11 Å². The third-order valence-electron chi connectivity index (χ3n) is 4.50. The Labute approximate surface area is 124 Å². The van der Waals surface area contributed by atoms with Gasteiger partial charge in [0.2, 0.25) is 0 Å². The Morgan fingerprint density at radius 3 is 2.71 bits per heavy atom. The van der Waals surface area contributed by atoms with Crippen molar-refractivity contribution in [1.29, 1.82) is 0 Å². The molecule has 0 aliphatic carbocycles. The van der Waals surface area contributed by atoms with Crippen molar-refractivity contribution in [3.05, 3.63) is 12.7 Å². The van der Waals surface area contributed by atoms with Gasteiger partial charge in [0.15, 0.2) is 17.0 Å². The highest BCUT2D eigenvalue weighted by Gasteiger charge is 2.22. The molecule has 1 aliphatic heterocycles. The van der Waals surface area contributed by atoms with Crippen LogP contribution in [0.4, 0.5) is 5.82 Å². The second-order valence-corrected chi connectivity index (χ2v) is 5.94. The monoisotopic (exact) mass is 289 g/mol. The maximum atomic E-state index is 9.50. The van der Waals surface area contributed by atoms with Gasteiger partial charge in [-0.15, -0.1) is 0 Å². The van der Waals surface area contributed by atoms with E-state index in [1.165, 1.54) is 12.8 Å². The molecule has 21 heavy (non-hydrogen) atoms. The van der Waals surface area contributed by atoms with Crippen LogP contribution in [-0.2, 0) is 0 Å². The van der Waals surface area contributed by atoms with Gasteiger partial charge in [0.1, 0.15) is 6.33 Å². The molecule has 0 saturated carbocycles. The largest absolute Gasteiger partial charge is 0.394 e. The Bertz CT molecular complexity index is 599. The Kier molecular flexibility index (Phi) is 4.05. The standard InChI is InChI=1S/C15H23N5O/c1-3-12(8-21)20-10-18-13-14(16-9-17-15(13)20)19-6-4-11(2)5-7-19/h9-12,21H,3-8H2,1-2H3. The van der Waals surface area contributed by atoms with E-state index in [-0.39, 0.29) is 12.6 Å². The summed E-state index contributed by atoms with van der Waals surface area (Å²) in [6.45, 7) is 6.51. The number of imidazole rings is 1. The topological polar surface area (TPSA) is 67.1 Å². The zero-order valence-electron chi connectivity index (χ0n) is 12.7. The minimum atomic E-state index is 0.0270. The Morgan fingerprint density at radius 2 is 2.05 bits per heavy atom. The molecule has 1 unspecified atom stereocenters. The number of hydrogen-bond donors (Lipinski definition) is 1. The molecule has 3 rings (SSSR count). The Morgan fingerprint density at radius 1 is 1.29 bits per heavy atom. The summed E-state index contributed by atoms with van der Waals surface area (Å²) in [7, 11) is 0. The lowest BCUT2D eigenvalue weighted by Gasteiger charge is -2.31. The number of aliphatic hydroxyl groups is 1. The van der Waals surface area contributed by atoms with E-state index in [1.54, 1.807) is 12.7 Å². The van der Waals surface area contributed by atoms with Gasteiger partial charge < -0.3 is 14.6 Å². The summed E-state index contributed by atoms with van der Waals surface area (Å²) in [6.07, 6.45) is 6.63. The van der Waals surface area contributed by atoms with E-state index in [4.69, 9.17) is 0 Å². The van der Waals surface area contributed by atoms with E-state index in [2.05, 4.69) is 33.7 Å².